The molecule has 116 valence electrons. The van der Waals surface area contributed by atoms with E-state index in [1.165, 1.54) is 11.3 Å². The molecule has 2 atom stereocenters. The van der Waals surface area contributed by atoms with Crippen LogP contribution in [-0.4, -0.2) is 60.4 Å². The highest BCUT2D eigenvalue weighted by Gasteiger charge is 2.31. The van der Waals surface area contributed by atoms with Gasteiger partial charge in [0, 0.05) is 37.1 Å². The van der Waals surface area contributed by atoms with Gasteiger partial charge in [0.05, 0.1) is 25.0 Å². The van der Waals surface area contributed by atoms with Crippen molar-refractivity contribution in [2.75, 3.05) is 44.3 Å². The molecule has 2 fully saturated rings. The third kappa shape index (κ3) is 2.70. The summed E-state index contributed by atoms with van der Waals surface area (Å²) in [6.07, 6.45) is 3.92. The zero-order valence-corrected chi connectivity index (χ0v) is 13.1. The molecule has 0 aromatic carbocycles. The van der Waals surface area contributed by atoms with E-state index in [1.807, 2.05) is 0 Å². The monoisotopic (exact) mass is 309 g/mol. The Labute approximate surface area is 129 Å². The van der Waals surface area contributed by atoms with E-state index in [9.17, 15) is 5.11 Å². The first-order chi connectivity index (χ1) is 10.3. The largest absolute Gasteiger partial charge is 0.387 e. The lowest BCUT2D eigenvalue weighted by Gasteiger charge is -2.32. The molecule has 2 aliphatic heterocycles. The van der Waals surface area contributed by atoms with E-state index in [0.717, 1.165) is 69.5 Å². The van der Waals surface area contributed by atoms with Crippen molar-refractivity contribution in [2.45, 2.75) is 37.8 Å². The minimum absolute atomic E-state index is 0.337. The predicted molar refractivity (Wildman–Crippen MR) is 83.0 cm³/mol. The lowest BCUT2D eigenvalue weighted by atomic mass is 10.0. The molecule has 0 spiro atoms. The van der Waals surface area contributed by atoms with E-state index in [4.69, 9.17) is 9.72 Å². The molecule has 2 saturated heterocycles. The maximum atomic E-state index is 10.1. The molecule has 1 aromatic rings. The SMILES string of the molecule is OC1CCCc2sc(N3CCC(N4CCOCC4)C3)nc21. The summed E-state index contributed by atoms with van der Waals surface area (Å²) in [5.41, 5.74) is 0.955. The summed E-state index contributed by atoms with van der Waals surface area (Å²) in [6, 6.07) is 0.639. The Kier molecular flexibility index (Phi) is 3.87. The Bertz CT molecular complexity index is 501. The first-order valence-electron chi connectivity index (χ1n) is 8.05. The minimum Gasteiger partial charge on any atom is -0.387 e. The van der Waals surface area contributed by atoms with Gasteiger partial charge in [-0.2, -0.15) is 0 Å². The van der Waals surface area contributed by atoms with Crippen molar-refractivity contribution in [3.8, 4) is 0 Å². The molecule has 5 nitrogen and oxygen atoms in total. The van der Waals surface area contributed by atoms with E-state index in [1.54, 1.807) is 11.3 Å². The standard InChI is InChI=1S/C15H23N3O2S/c19-12-2-1-3-13-14(12)16-15(21-13)18-5-4-11(10-18)17-6-8-20-9-7-17/h11-12,19H,1-10H2. The van der Waals surface area contributed by atoms with E-state index >= 15 is 0 Å². The summed E-state index contributed by atoms with van der Waals surface area (Å²) in [4.78, 5) is 11.0. The highest BCUT2D eigenvalue weighted by atomic mass is 32.1. The van der Waals surface area contributed by atoms with E-state index in [-0.39, 0.29) is 6.10 Å². The van der Waals surface area contributed by atoms with Crippen LogP contribution in [0, 0.1) is 0 Å². The fraction of sp³-hybridized carbons (Fsp3) is 0.800. The molecule has 0 radical (unpaired) electrons. The van der Waals surface area contributed by atoms with Crippen LogP contribution in [0.15, 0.2) is 0 Å². The van der Waals surface area contributed by atoms with Crippen LogP contribution in [0.5, 0.6) is 0 Å². The van der Waals surface area contributed by atoms with Gasteiger partial charge in [0.2, 0.25) is 0 Å². The van der Waals surface area contributed by atoms with Crippen LogP contribution < -0.4 is 4.90 Å². The predicted octanol–water partition coefficient (Wildman–Crippen LogP) is 1.42. The Balaban J connectivity index is 1.45. The normalized spacial score (nSPS) is 30.6. The molecule has 21 heavy (non-hydrogen) atoms. The number of thiazole rings is 1. The molecule has 1 N–H and O–H groups in total. The number of nitrogens with zero attached hydrogens (tertiary/aromatic N) is 3. The molecule has 3 aliphatic rings. The number of hydrogen-bond acceptors (Lipinski definition) is 6. The van der Waals surface area contributed by atoms with Crippen molar-refractivity contribution in [1.82, 2.24) is 9.88 Å². The fourth-order valence-corrected chi connectivity index (χ4v) is 4.87. The van der Waals surface area contributed by atoms with E-state index in [2.05, 4.69) is 9.80 Å². The number of hydrogen-bond donors (Lipinski definition) is 1. The van der Waals surface area contributed by atoms with Crippen molar-refractivity contribution in [3.05, 3.63) is 10.6 Å². The van der Waals surface area contributed by atoms with Gasteiger partial charge in [-0.15, -0.1) is 11.3 Å². The summed E-state index contributed by atoms with van der Waals surface area (Å²) in [7, 11) is 0. The van der Waals surface area contributed by atoms with Crippen LogP contribution in [0.1, 0.15) is 35.9 Å². The maximum absolute atomic E-state index is 10.1. The summed E-state index contributed by atoms with van der Waals surface area (Å²) < 4.78 is 5.44. The third-order valence-electron chi connectivity index (χ3n) is 4.91. The van der Waals surface area contributed by atoms with Crippen LogP contribution >= 0.6 is 11.3 Å². The second-order valence-electron chi connectivity index (χ2n) is 6.25. The molecule has 0 saturated carbocycles. The van der Waals surface area contributed by atoms with Crippen LogP contribution in [-0.2, 0) is 11.2 Å². The Hall–Kier alpha value is -0.690. The number of ether oxygens (including phenoxy) is 1. The highest BCUT2D eigenvalue weighted by molar-refractivity contribution is 7.15. The smallest absolute Gasteiger partial charge is 0.185 e. The van der Waals surface area contributed by atoms with Gasteiger partial charge in [-0.25, -0.2) is 4.98 Å². The summed E-state index contributed by atoms with van der Waals surface area (Å²) in [6.45, 7) is 6.02. The molecular weight excluding hydrogens is 286 g/mol. The number of aliphatic hydroxyl groups is 1. The number of aryl methyl sites for hydroxylation is 1. The second kappa shape index (κ2) is 5.83. The number of fused-ring (bicyclic) bond motifs is 1. The van der Waals surface area contributed by atoms with Gasteiger partial charge >= 0.3 is 0 Å². The Morgan fingerprint density at radius 1 is 1.19 bits per heavy atom. The number of aliphatic hydroxyl groups excluding tert-OH is 1. The molecule has 1 aliphatic carbocycles. The Morgan fingerprint density at radius 2 is 2.05 bits per heavy atom. The van der Waals surface area contributed by atoms with Crippen LogP contribution in [0.2, 0.25) is 0 Å². The number of anilines is 1. The van der Waals surface area contributed by atoms with Crippen molar-refractivity contribution in [2.24, 2.45) is 0 Å². The van der Waals surface area contributed by atoms with E-state index < -0.39 is 0 Å². The van der Waals surface area contributed by atoms with Gasteiger partial charge in [0.25, 0.3) is 0 Å². The summed E-state index contributed by atoms with van der Waals surface area (Å²) in [5.74, 6) is 0. The van der Waals surface area contributed by atoms with Gasteiger partial charge in [0.15, 0.2) is 5.13 Å². The zero-order valence-electron chi connectivity index (χ0n) is 12.3. The Morgan fingerprint density at radius 3 is 2.86 bits per heavy atom. The molecule has 2 unspecified atom stereocenters. The average molecular weight is 309 g/mol. The van der Waals surface area contributed by atoms with Crippen LogP contribution in [0.25, 0.3) is 0 Å². The highest BCUT2D eigenvalue weighted by Crippen LogP contribution is 2.37. The molecule has 1 aromatic heterocycles. The maximum Gasteiger partial charge on any atom is 0.185 e. The topological polar surface area (TPSA) is 48.8 Å². The number of rotatable bonds is 2. The van der Waals surface area contributed by atoms with E-state index in [0.29, 0.717) is 6.04 Å². The van der Waals surface area contributed by atoms with Gasteiger partial charge in [-0.05, 0) is 25.7 Å². The zero-order chi connectivity index (χ0) is 14.2. The van der Waals surface area contributed by atoms with Crippen LogP contribution in [0.3, 0.4) is 0 Å². The second-order valence-corrected chi connectivity index (χ2v) is 7.31. The molecule has 0 amide bonds. The summed E-state index contributed by atoms with van der Waals surface area (Å²) in [5, 5.41) is 11.2. The van der Waals surface area contributed by atoms with Crippen molar-refractivity contribution >= 4 is 16.5 Å². The first kappa shape index (κ1) is 13.9. The molecule has 4 rings (SSSR count). The lowest BCUT2D eigenvalue weighted by molar-refractivity contribution is 0.0209. The van der Waals surface area contributed by atoms with Crippen molar-refractivity contribution in [3.63, 3.8) is 0 Å². The fourth-order valence-electron chi connectivity index (χ4n) is 3.67. The van der Waals surface area contributed by atoms with Gasteiger partial charge in [-0.3, -0.25) is 4.90 Å². The number of morpholine rings is 1. The molecule has 6 heteroatoms. The van der Waals surface area contributed by atoms with Crippen LogP contribution in [0.4, 0.5) is 5.13 Å². The van der Waals surface area contributed by atoms with Gasteiger partial charge in [-0.1, -0.05) is 0 Å². The van der Waals surface area contributed by atoms with Crippen molar-refractivity contribution < 1.29 is 9.84 Å². The number of aromatic nitrogens is 1. The quantitative estimate of drug-likeness (QED) is 0.895. The lowest BCUT2D eigenvalue weighted by Crippen LogP contribution is -2.44. The summed E-state index contributed by atoms with van der Waals surface area (Å²) >= 11 is 1.80. The van der Waals surface area contributed by atoms with Gasteiger partial charge in [0.1, 0.15) is 0 Å². The van der Waals surface area contributed by atoms with Crippen molar-refractivity contribution in [1.29, 1.82) is 0 Å². The van der Waals surface area contributed by atoms with Gasteiger partial charge < -0.3 is 14.7 Å². The first-order valence-corrected chi connectivity index (χ1v) is 8.87. The average Bonchev–Trinajstić information content (AvgIpc) is 3.15. The molecule has 0 bridgehead atoms. The molecular formula is C15H23N3O2S. The molecule has 3 heterocycles. The minimum atomic E-state index is -0.337. The third-order valence-corrected chi connectivity index (χ3v) is 6.10.